The van der Waals surface area contributed by atoms with Crippen molar-refractivity contribution in [2.75, 3.05) is 20.2 Å². The number of rotatable bonds is 7. The molecular formula is C21H22FN3O4. The average Bonchev–Trinajstić information content (AvgIpc) is 2.93. The fourth-order valence-electron chi connectivity index (χ4n) is 3.21. The number of ether oxygens (including phenoxy) is 1. The molecule has 152 valence electrons. The highest BCUT2D eigenvalue weighted by molar-refractivity contribution is 6.09. The van der Waals surface area contributed by atoms with E-state index in [1.54, 1.807) is 49.4 Å². The van der Waals surface area contributed by atoms with E-state index >= 15 is 0 Å². The first kappa shape index (κ1) is 20.3. The third-order valence-corrected chi connectivity index (χ3v) is 4.90. The van der Waals surface area contributed by atoms with E-state index in [-0.39, 0.29) is 12.4 Å². The molecule has 0 radical (unpaired) electrons. The second kappa shape index (κ2) is 8.30. The van der Waals surface area contributed by atoms with Gasteiger partial charge >= 0.3 is 6.03 Å². The zero-order valence-electron chi connectivity index (χ0n) is 16.2. The molecular weight excluding hydrogens is 377 g/mol. The summed E-state index contributed by atoms with van der Waals surface area (Å²) in [6, 6.07) is 12.5. The van der Waals surface area contributed by atoms with E-state index in [9.17, 15) is 18.8 Å². The number of methoxy groups -OCH3 is 1. The van der Waals surface area contributed by atoms with Crippen molar-refractivity contribution in [1.82, 2.24) is 15.5 Å². The van der Waals surface area contributed by atoms with Gasteiger partial charge in [-0.2, -0.15) is 0 Å². The predicted molar refractivity (Wildman–Crippen MR) is 104 cm³/mol. The minimum atomic E-state index is -1.29. The third-order valence-electron chi connectivity index (χ3n) is 4.90. The van der Waals surface area contributed by atoms with E-state index in [4.69, 9.17) is 4.74 Å². The number of amides is 4. The van der Waals surface area contributed by atoms with Crippen LogP contribution in [0.2, 0.25) is 0 Å². The summed E-state index contributed by atoms with van der Waals surface area (Å²) < 4.78 is 18.8. The Morgan fingerprint density at radius 1 is 1.21 bits per heavy atom. The fraction of sp³-hybridized carbons (Fsp3) is 0.286. The molecule has 29 heavy (non-hydrogen) atoms. The molecule has 1 fully saturated rings. The molecule has 1 aliphatic heterocycles. The highest BCUT2D eigenvalue weighted by Gasteiger charge is 2.49. The van der Waals surface area contributed by atoms with Gasteiger partial charge in [0.25, 0.3) is 5.91 Å². The molecule has 0 spiro atoms. The zero-order valence-corrected chi connectivity index (χ0v) is 16.2. The second-order valence-corrected chi connectivity index (χ2v) is 6.87. The normalized spacial score (nSPS) is 18.5. The van der Waals surface area contributed by atoms with Gasteiger partial charge in [0.1, 0.15) is 23.7 Å². The van der Waals surface area contributed by atoms with Crippen LogP contribution in [0.25, 0.3) is 0 Å². The fourth-order valence-corrected chi connectivity index (χ4v) is 3.21. The van der Waals surface area contributed by atoms with Gasteiger partial charge in [0.05, 0.1) is 7.11 Å². The monoisotopic (exact) mass is 399 g/mol. The van der Waals surface area contributed by atoms with Crippen LogP contribution in [0.3, 0.4) is 0 Å². The van der Waals surface area contributed by atoms with Gasteiger partial charge < -0.3 is 15.4 Å². The average molecular weight is 399 g/mol. The summed E-state index contributed by atoms with van der Waals surface area (Å²) in [7, 11) is 1.51. The molecule has 0 saturated carbocycles. The van der Waals surface area contributed by atoms with Gasteiger partial charge in [0.2, 0.25) is 5.91 Å². The Hall–Kier alpha value is -3.42. The lowest BCUT2D eigenvalue weighted by Crippen LogP contribution is -2.43. The van der Waals surface area contributed by atoms with Gasteiger partial charge in [-0.1, -0.05) is 30.3 Å². The number of halogens is 1. The van der Waals surface area contributed by atoms with Crippen molar-refractivity contribution in [3.05, 3.63) is 65.5 Å². The standard InChI is InChI=1S/C21H22FN3O4/c1-21(15-7-5-8-16(12-15)29-2)19(27)25(20(28)24-21)13-18(26)23-11-10-14-6-3-4-9-17(14)22/h3-9,12H,10-11,13H2,1-2H3,(H,23,26)(H,24,28)/t21-/m0/s1. The van der Waals surface area contributed by atoms with Crippen LogP contribution in [0.15, 0.2) is 48.5 Å². The van der Waals surface area contributed by atoms with E-state index in [2.05, 4.69) is 10.6 Å². The first-order chi connectivity index (χ1) is 13.8. The molecule has 2 N–H and O–H groups in total. The van der Waals surface area contributed by atoms with E-state index in [1.165, 1.54) is 13.2 Å². The summed E-state index contributed by atoms with van der Waals surface area (Å²) in [5, 5.41) is 5.26. The maximum Gasteiger partial charge on any atom is 0.325 e. The van der Waals surface area contributed by atoms with Crippen LogP contribution in [-0.2, 0) is 21.5 Å². The predicted octanol–water partition coefficient (Wildman–Crippen LogP) is 1.96. The molecule has 2 aromatic carbocycles. The van der Waals surface area contributed by atoms with Crippen LogP contribution in [0.4, 0.5) is 9.18 Å². The summed E-state index contributed by atoms with van der Waals surface area (Å²) >= 11 is 0. The number of hydrogen-bond acceptors (Lipinski definition) is 4. The van der Waals surface area contributed by atoms with Gasteiger partial charge in [-0.25, -0.2) is 9.18 Å². The lowest BCUT2D eigenvalue weighted by molar-refractivity contribution is -0.134. The quantitative estimate of drug-likeness (QED) is 0.697. The number of urea groups is 1. The molecule has 0 aromatic heterocycles. The first-order valence-corrected chi connectivity index (χ1v) is 9.14. The van der Waals surface area contributed by atoms with Gasteiger partial charge in [-0.15, -0.1) is 0 Å². The Labute approximate surface area is 167 Å². The molecule has 0 bridgehead atoms. The van der Waals surface area contributed by atoms with Crippen molar-refractivity contribution >= 4 is 17.8 Å². The summed E-state index contributed by atoms with van der Waals surface area (Å²) in [5.41, 5.74) is -0.259. The Morgan fingerprint density at radius 3 is 2.69 bits per heavy atom. The van der Waals surface area contributed by atoms with E-state index in [1.807, 2.05) is 0 Å². The zero-order chi connectivity index (χ0) is 21.0. The van der Waals surface area contributed by atoms with Crippen LogP contribution < -0.4 is 15.4 Å². The Bertz CT molecular complexity index is 949. The Morgan fingerprint density at radius 2 is 1.97 bits per heavy atom. The lowest BCUT2D eigenvalue weighted by atomic mass is 9.92. The highest BCUT2D eigenvalue weighted by Crippen LogP contribution is 2.30. The van der Waals surface area contributed by atoms with Crippen molar-refractivity contribution in [2.24, 2.45) is 0 Å². The maximum atomic E-state index is 13.6. The molecule has 0 aliphatic carbocycles. The number of nitrogens with zero attached hydrogens (tertiary/aromatic N) is 1. The molecule has 0 unspecified atom stereocenters. The Balaban J connectivity index is 1.62. The van der Waals surface area contributed by atoms with Crippen molar-refractivity contribution in [1.29, 1.82) is 0 Å². The molecule has 8 heteroatoms. The van der Waals surface area contributed by atoms with Gasteiger partial charge in [-0.3, -0.25) is 14.5 Å². The third kappa shape index (κ3) is 4.21. The topological polar surface area (TPSA) is 87.7 Å². The minimum Gasteiger partial charge on any atom is -0.497 e. The molecule has 4 amide bonds. The molecule has 7 nitrogen and oxygen atoms in total. The second-order valence-electron chi connectivity index (χ2n) is 6.87. The van der Waals surface area contributed by atoms with Crippen molar-refractivity contribution in [2.45, 2.75) is 18.9 Å². The summed E-state index contributed by atoms with van der Waals surface area (Å²) in [6.07, 6.45) is 0.306. The smallest absolute Gasteiger partial charge is 0.325 e. The van der Waals surface area contributed by atoms with Crippen LogP contribution >= 0.6 is 0 Å². The molecule has 1 atom stereocenters. The number of nitrogens with one attached hydrogen (secondary N) is 2. The summed E-state index contributed by atoms with van der Waals surface area (Å²) in [6.45, 7) is 1.36. The van der Waals surface area contributed by atoms with Crippen molar-refractivity contribution < 1.29 is 23.5 Å². The number of hydrogen-bond donors (Lipinski definition) is 2. The van der Waals surface area contributed by atoms with E-state index in [0.717, 1.165) is 4.90 Å². The molecule has 1 aliphatic rings. The van der Waals surface area contributed by atoms with Gasteiger partial charge in [0, 0.05) is 6.54 Å². The SMILES string of the molecule is COc1cccc([C@]2(C)NC(=O)N(CC(=O)NCCc3ccccc3F)C2=O)c1. The van der Waals surface area contributed by atoms with Crippen molar-refractivity contribution in [3.63, 3.8) is 0 Å². The van der Waals surface area contributed by atoms with Gasteiger partial charge in [0.15, 0.2) is 0 Å². The van der Waals surface area contributed by atoms with Crippen LogP contribution in [0, 0.1) is 5.82 Å². The van der Waals surface area contributed by atoms with E-state index < -0.39 is 29.9 Å². The van der Waals surface area contributed by atoms with Crippen LogP contribution in [0.1, 0.15) is 18.1 Å². The molecule has 1 saturated heterocycles. The van der Waals surface area contributed by atoms with Crippen molar-refractivity contribution in [3.8, 4) is 5.75 Å². The molecule has 2 aromatic rings. The number of carbonyl (C=O) groups is 3. The first-order valence-electron chi connectivity index (χ1n) is 9.14. The number of imide groups is 1. The summed E-state index contributed by atoms with van der Waals surface area (Å²) in [4.78, 5) is 38.3. The lowest BCUT2D eigenvalue weighted by Gasteiger charge is -2.22. The largest absolute Gasteiger partial charge is 0.497 e. The van der Waals surface area contributed by atoms with Crippen LogP contribution in [0.5, 0.6) is 5.75 Å². The maximum absolute atomic E-state index is 13.6. The highest BCUT2D eigenvalue weighted by atomic mass is 19.1. The van der Waals surface area contributed by atoms with Crippen LogP contribution in [-0.4, -0.2) is 42.9 Å². The minimum absolute atomic E-state index is 0.191. The Kier molecular flexibility index (Phi) is 5.81. The van der Waals surface area contributed by atoms with E-state index in [0.29, 0.717) is 23.3 Å². The summed E-state index contributed by atoms with van der Waals surface area (Å²) in [5.74, 6) is -0.820. The number of benzene rings is 2. The molecule has 3 rings (SSSR count). The number of carbonyl (C=O) groups excluding carboxylic acids is 3. The van der Waals surface area contributed by atoms with Gasteiger partial charge in [-0.05, 0) is 42.7 Å². The molecule has 1 heterocycles.